The highest BCUT2D eigenvalue weighted by atomic mass is 32.2. The molecule has 0 bridgehead atoms. The average molecular weight is 382 g/mol. The summed E-state index contributed by atoms with van der Waals surface area (Å²) in [6, 6.07) is 18.4. The van der Waals surface area contributed by atoms with Crippen molar-refractivity contribution in [1.82, 2.24) is 4.90 Å². The minimum atomic E-state index is -2.05. The molecular weight excluding hydrogens is 364 g/mol. The second-order valence-corrected chi connectivity index (χ2v) is 7.25. The average Bonchev–Trinajstić information content (AvgIpc) is 3.20. The Labute approximate surface area is 160 Å². The van der Waals surface area contributed by atoms with E-state index in [4.69, 9.17) is 9.73 Å². The van der Waals surface area contributed by atoms with Crippen LogP contribution in [0.25, 0.3) is 0 Å². The van der Waals surface area contributed by atoms with Crippen molar-refractivity contribution in [1.29, 1.82) is 0 Å². The summed E-state index contributed by atoms with van der Waals surface area (Å²) in [5.74, 6) is -1.31. The van der Waals surface area contributed by atoms with Gasteiger partial charge in [0.25, 0.3) is 11.6 Å². The zero-order valence-corrected chi connectivity index (χ0v) is 15.5. The Morgan fingerprint density at radius 1 is 1.15 bits per heavy atom. The van der Waals surface area contributed by atoms with Gasteiger partial charge in [0.2, 0.25) is 0 Å². The number of aliphatic hydroxyl groups is 1. The molecule has 4 rings (SSSR count). The van der Waals surface area contributed by atoms with Crippen LogP contribution in [-0.2, 0) is 19.9 Å². The quantitative estimate of drug-likeness (QED) is 0.820. The Morgan fingerprint density at radius 2 is 1.70 bits per heavy atom. The van der Waals surface area contributed by atoms with Crippen LogP contribution in [0.5, 0.6) is 0 Å². The summed E-state index contributed by atoms with van der Waals surface area (Å²) in [5.41, 5.74) is -2.04. The van der Waals surface area contributed by atoms with E-state index in [1.165, 1.54) is 11.8 Å². The van der Waals surface area contributed by atoms with Gasteiger partial charge in [-0.25, -0.2) is 14.7 Å². The Bertz CT molecular complexity index is 877. The van der Waals surface area contributed by atoms with Crippen molar-refractivity contribution in [2.75, 3.05) is 12.4 Å². The molecule has 0 aromatic heterocycles. The van der Waals surface area contributed by atoms with Crippen LogP contribution in [0.4, 0.5) is 0 Å². The van der Waals surface area contributed by atoms with Crippen LogP contribution in [0.3, 0.4) is 0 Å². The first-order valence-electron chi connectivity index (χ1n) is 8.62. The Balaban J connectivity index is 1.88. The van der Waals surface area contributed by atoms with Crippen LogP contribution in [0.2, 0.25) is 0 Å². The first kappa shape index (κ1) is 17.8. The van der Waals surface area contributed by atoms with Gasteiger partial charge in [0.1, 0.15) is 0 Å². The van der Waals surface area contributed by atoms with Gasteiger partial charge in [0.15, 0.2) is 10.7 Å². The van der Waals surface area contributed by atoms with Crippen molar-refractivity contribution in [2.24, 2.45) is 4.99 Å². The minimum absolute atomic E-state index is 0.00390. The molecule has 2 aromatic rings. The number of amidine groups is 1. The SMILES string of the molecule is CCOC(=O)C1(O)CSC2=NC(c3ccccc3)(c3ccccc3)C(=O)N21. The van der Waals surface area contributed by atoms with Crippen LogP contribution in [0.15, 0.2) is 65.7 Å². The zero-order valence-electron chi connectivity index (χ0n) is 14.7. The first-order valence-corrected chi connectivity index (χ1v) is 9.60. The predicted octanol–water partition coefficient (Wildman–Crippen LogP) is 2.13. The number of ether oxygens (including phenoxy) is 1. The standard InChI is InChI=1S/C20H18N2O4S/c1-2-26-17(24)19(25)13-27-18-21-20(16(23)22(18)19,14-9-5-3-6-10-14)15-11-7-4-8-12-15/h3-12,25H,2,13H2,1H3. The fourth-order valence-corrected chi connectivity index (χ4v) is 4.58. The number of carbonyl (C=O) groups is 2. The fourth-order valence-electron chi connectivity index (χ4n) is 3.44. The highest BCUT2D eigenvalue weighted by Gasteiger charge is 2.63. The summed E-state index contributed by atoms with van der Waals surface area (Å²) < 4.78 is 5.01. The van der Waals surface area contributed by atoms with E-state index in [1.54, 1.807) is 6.92 Å². The Kier molecular flexibility index (Phi) is 4.28. The van der Waals surface area contributed by atoms with Gasteiger partial charge in [-0.05, 0) is 18.1 Å². The van der Waals surface area contributed by atoms with E-state index in [9.17, 15) is 14.7 Å². The molecular formula is C20H18N2O4S. The Morgan fingerprint density at radius 3 is 2.22 bits per heavy atom. The summed E-state index contributed by atoms with van der Waals surface area (Å²) in [5, 5.41) is 11.3. The van der Waals surface area contributed by atoms with Crippen molar-refractivity contribution in [3.63, 3.8) is 0 Å². The van der Waals surface area contributed by atoms with Gasteiger partial charge in [0.05, 0.1) is 12.4 Å². The van der Waals surface area contributed by atoms with Crippen molar-refractivity contribution in [3.8, 4) is 0 Å². The van der Waals surface area contributed by atoms with Crippen LogP contribution < -0.4 is 0 Å². The van der Waals surface area contributed by atoms with Crippen LogP contribution in [0, 0.1) is 0 Å². The zero-order chi connectivity index (χ0) is 19.1. The molecule has 6 nitrogen and oxygen atoms in total. The molecule has 2 heterocycles. The van der Waals surface area contributed by atoms with Crippen LogP contribution in [-0.4, -0.2) is 45.1 Å². The van der Waals surface area contributed by atoms with E-state index >= 15 is 0 Å². The molecule has 1 unspecified atom stereocenters. The molecule has 1 saturated heterocycles. The van der Waals surface area contributed by atoms with E-state index in [2.05, 4.69) is 0 Å². The van der Waals surface area contributed by atoms with E-state index in [0.717, 1.165) is 4.90 Å². The van der Waals surface area contributed by atoms with E-state index < -0.39 is 23.1 Å². The van der Waals surface area contributed by atoms with Gasteiger partial charge in [-0.1, -0.05) is 72.4 Å². The molecule has 1 fully saturated rings. The number of hydrogen-bond donors (Lipinski definition) is 1. The molecule has 0 radical (unpaired) electrons. The number of esters is 1. The number of nitrogens with zero attached hydrogens (tertiary/aromatic N) is 2. The minimum Gasteiger partial charge on any atom is -0.462 e. The monoisotopic (exact) mass is 382 g/mol. The third-order valence-corrected chi connectivity index (χ3v) is 5.80. The molecule has 1 atom stereocenters. The van der Waals surface area contributed by atoms with Gasteiger partial charge < -0.3 is 9.84 Å². The van der Waals surface area contributed by atoms with Crippen molar-refractivity contribution >= 4 is 28.8 Å². The number of hydrogen-bond acceptors (Lipinski definition) is 6. The number of fused-ring (bicyclic) bond motifs is 1. The maximum atomic E-state index is 13.7. The molecule has 7 heteroatoms. The Hall–Kier alpha value is -2.64. The maximum Gasteiger partial charge on any atom is 0.361 e. The molecule has 2 aromatic carbocycles. The van der Waals surface area contributed by atoms with Crippen LogP contribution in [0.1, 0.15) is 18.1 Å². The molecule has 0 aliphatic carbocycles. The molecule has 0 saturated carbocycles. The van der Waals surface area contributed by atoms with E-state index in [1.807, 2.05) is 60.7 Å². The number of rotatable bonds is 4. The highest BCUT2D eigenvalue weighted by molar-refractivity contribution is 8.14. The van der Waals surface area contributed by atoms with Crippen molar-refractivity contribution in [3.05, 3.63) is 71.8 Å². The summed E-state index contributed by atoms with van der Waals surface area (Å²) in [7, 11) is 0. The molecule has 1 N–H and O–H groups in total. The van der Waals surface area contributed by atoms with Gasteiger partial charge in [-0.15, -0.1) is 0 Å². The van der Waals surface area contributed by atoms with Gasteiger partial charge in [0, 0.05) is 0 Å². The third kappa shape index (κ3) is 2.49. The second-order valence-electron chi connectivity index (χ2n) is 6.30. The molecule has 1 amide bonds. The van der Waals surface area contributed by atoms with Crippen LogP contribution >= 0.6 is 11.8 Å². The lowest BCUT2D eigenvalue weighted by molar-refractivity contribution is -0.179. The lowest BCUT2D eigenvalue weighted by Gasteiger charge is -2.32. The predicted molar refractivity (Wildman–Crippen MR) is 102 cm³/mol. The number of carbonyl (C=O) groups excluding carboxylic acids is 2. The summed E-state index contributed by atoms with van der Waals surface area (Å²) in [6.07, 6.45) is 0. The summed E-state index contributed by atoms with van der Waals surface area (Å²) >= 11 is 1.17. The molecule has 27 heavy (non-hydrogen) atoms. The fraction of sp³-hybridized carbons (Fsp3) is 0.250. The van der Waals surface area contributed by atoms with E-state index in [0.29, 0.717) is 16.3 Å². The maximum absolute atomic E-state index is 13.7. The second kappa shape index (κ2) is 6.51. The summed E-state index contributed by atoms with van der Waals surface area (Å²) in [4.78, 5) is 31.9. The van der Waals surface area contributed by atoms with Gasteiger partial charge in [-0.3, -0.25) is 4.79 Å². The van der Waals surface area contributed by atoms with Crippen molar-refractivity contribution < 1.29 is 19.4 Å². The van der Waals surface area contributed by atoms with Crippen molar-refractivity contribution in [2.45, 2.75) is 18.2 Å². The molecule has 138 valence electrons. The lowest BCUT2D eigenvalue weighted by Crippen LogP contribution is -2.58. The van der Waals surface area contributed by atoms with E-state index in [-0.39, 0.29) is 12.4 Å². The number of amides is 1. The smallest absolute Gasteiger partial charge is 0.361 e. The summed E-state index contributed by atoms with van der Waals surface area (Å²) in [6.45, 7) is 1.77. The third-order valence-electron chi connectivity index (χ3n) is 4.73. The molecule has 2 aliphatic rings. The topological polar surface area (TPSA) is 79.2 Å². The first-order chi connectivity index (χ1) is 13.0. The highest BCUT2D eigenvalue weighted by Crippen LogP contribution is 2.47. The number of benzene rings is 2. The number of aliphatic imine (C=N–C) groups is 1. The normalized spacial score (nSPS) is 23.1. The van der Waals surface area contributed by atoms with Gasteiger partial charge in [-0.2, -0.15) is 0 Å². The number of thioether (sulfide) groups is 1. The largest absolute Gasteiger partial charge is 0.462 e. The molecule has 2 aliphatic heterocycles. The van der Waals surface area contributed by atoms with Gasteiger partial charge >= 0.3 is 5.97 Å². The lowest BCUT2D eigenvalue weighted by atomic mass is 9.82. The molecule has 0 spiro atoms.